The molecule has 6 heteroatoms. The molecule has 2 aromatic heterocycles. The van der Waals surface area contributed by atoms with Crippen molar-refractivity contribution in [2.75, 3.05) is 0 Å². The molecule has 31 heavy (non-hydrogen) atoms. The minimum absolute atomic E-state index is 0.216. The highest BCUT2D eigenvalue weighted by atomic mass is 32.1. The van der Waals surface area contributed by atoms with Gasteiger partial charge in [-0.2, -0.15) is 0 Å². The molecule has 0 saturated heterocycles. The van der Waals surface area contributed by atoms with E-state index in [0.717, 1.165) is 21.7 Å². The molecule has 0 fully saturated rings. The first kappa shape index (κ1) is 20.3. The van der Waals surface area contributed by atoms with Crippen LogP contribution >= 0.6 is 11.5 Å². The molecule has 0 bridgehead atoms. The third kappa shape index (κ3) is 4.76. The molecule has 2 heterocycles. The second kappa shape index (κ2) is 9.65. The summed E-state index contributed by atoms with van der Waals surface area (Å²) in [5.74, 6) is 0.441. The number of aromatic nitrogens is 3. The highest BCUT2D eigenvalue weighted by Crippen LogP contribution is 2.36. The van der Waals surface area contributed by atoms with Crippen molar-refractivity contribution < 1.29 is 10.2 Å². The lowest BCUT2D eigenvalue weighted by molar-refractivity contribution is 0.475. The van der Waals surface area contributed by atoms with Gasteiger partial charge >= 0.3 is 0 Å². The summed E-state index contributed by atoms with van der Waals surface area (Å²) >= 11 is 1.33. The molecular formula is C25H19N3O2S. The van der Waals surface area contributed by atoms with Gasteiger partial charge in [-0.25, -0.2) is 0 Å². The van der Waals surface area contributed by atoms with Crippen LogP contribution in [0.25, 0.3) is 33.0 Å². The van der Waals surface area contributed by atoms with Crippen molar-refractivity contribution in [1.82, 2.24) is 14.6 Å². The lowest BCUT2D eigenvalue weighted by Gasteiger charge is -2.03. The standard InChI is InChI=1S/C14H10N2OS.C11H9NO/c17-12-9-5-4-8-11(12)13-14(18-16-15-13)10-6-2-1-3-7-10;13-10-7-4-8-12-11(10)9-5-2-1-3-6-9/h1-9,17H;1-8,13H. The Kier molecular flexibility index (Phi) is 6.30. The number of pyridine rings is 1. The van der Waals surface area contributed by atoms with Crippen LogP contribution in [-0.4, -0.2) is 24.8 Å². The minimum Gasteiger partial charge on any atom is -0.507 e. The van der Waals surface area contributed by atoms with E-state index in [1.807, 2.05) is 72.8 Å². The third-order valence-corrected chi connectivity index (χ3v) is 5.29. The van der Waals surface area contributed by atoms with Crippen LogP contribution in [0.3, 0.4) is 0 Å². The number of para-hydroxylation sites is 1. The molecule has 0 radical (unpaired) electrons. The van der Waals surface area contributed by atoms with Crippen LogP contribution in [0.1, 0.15) is 0 Å². The lowest BCUT2D eigenvalue weighted by Crippen LogP contribution is -1.82. The second-order valence-electron chi connectivity index (χ2n) is 6.57. The minimum atomic E-state index is 0.216. The maximum absolute atomic E-state index is 9.89. The summed E-state index contributed by atoms with van der Waals surface area (Å²) in [4.78, 5) is 5.07. The number of hydrogen-bond acceptors (Lipinski definition) is 6. The maximum atomic E-state index is 9.89. The molecule has 0 spiro atoms. The molecule has 152 valence electrons. The number of phenols is 1. The Hall–Kier alpha value is -4.03. The fourth-order valence-electron chi connectivity index (χ4n) is 3.03. The number of rotatable bonds is 3. The molecular weight excluding hydrogens is 406 g/mol. The van der Waals surface area contributed by atoms with E-state index in [-0.39, 0.29) is 11.5 Å². The van der Waals surface area contributed by atoms with E-state index in [0.29, 0.717) is 11.3 Å². The molecule has 0 saturated carbocycles. The van der Waals surface area contributed by atoms with Gasteiger partial charge in [-0.3, -0.25) is 4.98 Å². The first-order chi connectivity index (χ1) is 15.2. The maximum Gasteiger partial charge on any atom is 0.141 e. The summed E-state index contributed by atoms with van der Waals surface area (Å²) < 4.78 is 4.00. The quantitative estimate of drug-likeness (QED) is 0.369. The van der Waals surface area contributed by atoms with E-state index in [9.17, 15) is 10.2 Å². The van der Waals surface area contributed by atoms with Gasteiger partial charge in [0.05, 0.1) is 4.88 Å². The molecule has 0 atom stereocenters. The van der Waals surface area contributed by atoms with E-state index in [4.69, 9.17) is 0 Å². The van der Waals surface area contributed by atoms with Crippen molar-refractivity contribution in [3.63, 3.8) is 0 Å². The summed E-state index contributed by atoms with van der Waals surface area (Å²) in [6, 6.07) is 30.1. The first-order valence-corrected chi connectivity index (χ1v) is 10.4. The van der Waals surface area contributed by atoms with Gasteiger partial charge in [0.25, 0.3) is 0 Å². The van der Waals surface area contributed by atoms with E-state index in [1.54, 1.807) is 30.5 Å². The molecule has 5 nitrogen and oxygen atoms in total. The number of aromatic hydroxyl groups is 2. The molecule has 0 aliphatic heterocycles. The number of phenolic OH excluding ortho intramolecular Hbond substituents is 1. The molecule has 3 aromatic carbocycles. The Morgan fingerprint density at radius 2 is 1.19 bits per heavy atom. The van der Waals surface area contributed by atoms with E-state index in [1.165, 1.54) is 11.5 Å². The zero-order valence-corrected chi connectivity index (χ0v) is 17.3. The molecule has 2 N–H and O–H groups in total. The lowest BCUT2D eigenvalue weighted by atomic mass is 10.1. The Morgan fingerprint density at radius 3 is 1.87 bits per heavy atom. The summed E-state index contributed by atoms with van der Waals surface area (Å²) in [7, 11) is 0. The molecule has 5 aromatic rings. The number of nitrogens with zero attached hydrogens (tertiary/aromatic N) is 3. The van der Waals surface area contributed by atoms with Crippen LogP contribution in [0.15, 0.2) is 103 Å². The van der Waals surface area contributed by atoms with Gasteiger partial charge in [-0.15, -0.1) is 5.10 Å². The van der Waals surface area contributed by atoms with Crippen molar-refractivity contribution in [1.29, 1.82) is 0 Å². The fraction of sp³-hybridized carbons (Fsp3) is 0. The van der Waals surface area contributed by atoms with Crippen molar-refractivity contribution >= 4 is 11.5 Å². The fourth-order valence-corrected chi connectivity index (χ4v) is 3.72. The van der Waals surface area contributed by atoms with Gasteiger partial charge in [0.2, 0.25) is 0 Å². The average Bonchev–Trinajstić information content (AvgIpc) is 3.31. The molecule has 0 amide bonds. The van der Waals surface area contributed by atoms with E-state index >= 15 is 0 Å². The van der Waals surface area contributed by atoms with Crippen molar-refractivity contribution in [3.05, 3.63) is 103 Å². The van der Waals surface area contributed by atoms with Gasteiger partial charge in [0.1, 0.15) is 22.9 Å². The van der Waals surface area contributed by atoms with Crippen LogP contribution in [-0.2, 0) is 0 Å². The van der Waals surface area contributed by atoms with Gasteiger partial charge in [-0.1, -0.05) is 77.3 Å². The van der Waals surface area contributed by atoms with Crippen LogP contribution in [0.2, 0.25) is 0 Å². The molecule has 0 aliphatic carbocycles. The Labute approximate surface area is 184 Å². The molecule has 0 unspecified atom stereocenters. The van der Waals surface area contributed by atoms with Gasteiger partial charge < -0.3 is 10.2 Å². The Morgan fingerprint density at radius 1 is 0.581 bits per heavy atom. The monoisotopic (exact) mass is 425 g/mol. The van der Waals surface area contributed by atoms with Crippen molar-refractivity contribution in [2.24, 2.45) is 0 Å². The highest BCUT2D eigenvalue weighted by molar-refractivity contribution is 7.09. The smallest absolute Gasteiger partial charge is 0.141 e. The third-order valence-electron chi connectivity index (χ3n) is 4.52. The zero-order valence-electron chi connectivity index (χ0n) is 16.5. The van der Waals surface area contributed by atoms with Crippen LogP contribution in [0.4, 0.5) is 0 Å². The highest BCUT2D eigenvalue weighted by Gasteiger charge is 2.14. The Bertz CT molecular complexity index is 1260. The SMILES string of the molecule is Oc1ccccc1-c1nnsc1-c1ccccc1.Oc1cccnc1-c1ccccc1. The van der Waals surface area contributed by atoms with Crippen molar-refractivity contribution in [2.45, 2.75) is 0 Å². The summed E-state index contributed by atoms with van der Waals surface area (Å²) in [6.45, 7) is 0. The Balaban J connectivity index is 0.000000158. The number of benzene rings is 3. The van der Waals surface area contributed by atoms with Crippen LogP contribution in [0.5, 0.6) is 11.5 Å². The summed E-state index contributed by atoms with van der Waals surface area (Å²) in [6.07, 6.45) is 1.67. The van der Waals surface area contributed by atoms with Crippen LogP contribution < -0.4 is 0 Å². The normalized spacial score (nSPS) is 10.2. The molecule has 5 rings (SSSR count). The first-order valence-electron chi connectivity index (χ1n) is 9.59. The predicted molar refractivity (Wildman–Crippen MR) is 124 cm³/mol. The number of hydrogen-bond donors (Lipinski definition) is 2. The van der Waals surface area contributed by atoms with E-state index in [2.05, 4.69) is 14.6 Å². The second-order valence-corrected chi connectivity index (χ2v) is 7.33. The predicted octanol–water partition coefficient (Wildman–Crippen LogP) is 6.03. The summed E-state index contributed by atoms with van der Waals surface area (Å²) in [5, 5.41) is 23.5. The van der Waals surface area contributed by atoms with Gasteiger partial charge in [0, 0.05) is 17.3 Å². The zero-order chi connectivity index (χ0) is 21.5. The average molecular weight is 426 g/mol. The van der Waals surface area contributed by atoms with E-state index < -0.39 is 0 Å². The summed E-state index contributed by atoms with van der Waals surface area (Å²) in [5.41, 5.74) is 4.06. The largest absolute Gasteiger partial charge is 0.507 e. The van der Waals surface area contributed by atoms with Crippen molar-refractivity contribution in [3.8, 4) is 44.5 Å². The van der Waals surface area contributed by atoms with Crippen LogP contribution in [0, 0.1) is 0 Å². The molecule has 0 aliphatic rings. The van der Waals surface area contributed by atoms with Gasteiger partial charge in [0.15, 0.2) is 0 Å². The van der Waals surface area contributed by atoms with Gasteiger partial charge in [-0.05, 0) is 41.4 Å². The topological polar surface area (TPSA) is 79.1 Å².